The molecule has 0 spiro atoms. The van der Waals surface area contributed by atoms with Crippen LogP contribution in [0, 0.1) is 6.92 Å². The van der Waals surface area contributed by atoms with E-state index < -0.39 is 6.10 Å². The molecule has 0 aromatic heterocycles. The Hall–Kier alpha value is -1.02. The summed E-state index contributed by atoms with van der Waals surface area (Å²) in [7, 11) is 0. The van der Waals surface area contributed by atoms with Crippen LogP contribution in [0.2, 0.25) is 10.0 Å². The van der Waals surface area contributed by atoms with Crippen molar-refractivity contribution in [2.75, 3.05) is 0 Å². The fourth-order valence-corrected chi connectivity index (χ4v) is 2.64. The fraction of sp³-hybridized carbons (Fsp3) is 0.200. The predicted octanol–water partition coefficient (Wildman–Crippen LogP) is 4.58. The highest BCUT2D eigenvalue weighted by molar-refractivity contribution is 6.36. The predicted molar refractivity (Wildman–Crippen MR) is 76.3 cm³/mol. The van der Waals surface area contributed by atoms with Crippen molar-refractivity contribution in [2.24, 2.45) is 0 Å². The van der Waals surface area contributed by atoms with Crippen LogP contribution in [0.4, 0.5) is 0 Å². The van der Waals surface area contributed by atoms with E-state index in [4.69, 9.17) is 23.2 Å². The molecule has 18 heavy (non-hydrogen) atoms. The molecule has 3 heteroatoms. The second-order valence-corrected chi connectivity index (χ2v) is 5.16. The minimum atomic E-state index is -0.687. The van der Waals surface area contributed by atoms with E-state index in [0.29, 0.717) is 22.0 Å². The minimum Gasteiger partial charge on any atom is -0.388 e. The molecule has 0 saturated carbocycles. The van der Waals surface area contributed by atoms with Gasteiger partial charge in [0.05, 0.1) is 6.10 Å². The first-order valence-corrected chi connectivity index (χ1v) is 6.51. The van der Waals surface area contributed by atoms with Gasteiger partial charge in [-0.05, 0) is 24.6 Å². The largest absolute Gasteiger partial charge is 0.388 e. The molecule has 2 rings (SSSR count). The molecule has 1 atom stereocenters. The quantitative estimate of drug-likeness (QED) is 0.873. The van der Waals surface area contributed by atoms with Crippen LogP contribution < -0.4 is 0 Å². The number of aryl methyl sites for hydroxylation is 1. The Bertz CT molecular complexity index is 532. The van der Waals surface area contributed by atoms with Crippen molar-refractivity contribution in [3.63, 3.8) is 0 Å². The van der Waals surface area contributed by atoms with E-state index in [1.807, 2.05) is 31.2 Å². The molecule has 0 aliphatic heterocycles. The number of rotatable bonds is 3. The van der Waals surface area contributed by atoms with Crippen LogP contribution in [0.25, 0.3) is 0 Å². The highest BCUT2D eigenvalue weighted by atomic mass is 35.5. The van der Waals surface area contributed by atoms with E-state index >= 15 is 0 Å². The van der Waals surface area contributed by atoms with Crippen molar-refractivity contribution < 1.29 is 5.11 Å². The first-order valence-electron chi connectivity index (χ1n) is 5.75. The standard InChI is InChI=1S/C15H14Cl2O/c1-10-4-2-5-11(8-10)9-14(18)15-12(16)6-3-7-13(15)17/h2-8,14,18H,9H2,1H3. The summed E-state index contributed by atoms with van der Waals surface area (Å²) in [5, 5.41) is 11.3. The van der Waals surface area contributed by atoms with Crippen molar-refractivity contribution in [3.05, 3.63) is 69.2 Å². The van der Waals surface area contributed by atoms with Crippen LogP contribution in [0.15, 0.2) is 42.5 Å². The maximum Gasteiger partial charge on any atom is 0.0859 e. The highest BCUT2D eigenvalue weighted by Gasteiger charge is 2.15. The van der Waals surface area contributed by atoms with E-state index in [1.165, 1.54) is 5.56 Å². The van der Waals surface area contributed by atoms with Crippen molar-refractivity contribution in [1.29, 1.82) is 0 Å². The number of hydrogen-bond acceptors (Lipinski definition) is 1. The molecule has 2 aromatic rings. The average Bonchev–Trinajstić information content (AvgIpc) is 2.28. The molecule has 94 valence electrons. The first kappa shape index (κ1) is 13.4. The van der Waals surface area contributed by atoms with Gasteiger partial charge in [0.2, 0.25) is 0 Å². The normalized spacial score (nSPS) is 12.4. The molecule has 0 heterocycles. The summed E-state index contributed by atoms with van der Waals surface area (Å²) in [6, 6.07) is 13.3. The number of aliphatic hydroxyl groups is 1. The van der Waals surface area contributed by atoms with E-state index in [9.17, 15) is 5.11 Å². The van der Waals surface area contributed by atoms with Crippen LogP contribution in [0.1, 0.15) is 22.8 Å². The lowest BCUT2D eigenvalue weighted by molar-refractivity contribution is 0.178. The Morgan fingerprint density at radius 2 is 1.67 bits per heavy atom. The van der Waals surface area contributed by atoms with Gasteiger partial charge in [-0.15, -0.1) is 0 Å². The molecule has 0 saturated heterocycles. The fourth-order valence-electron chi connectivity index (χ4n) is 1.99. The zero-order valence-corrected chi connectivity index (χ0v) is 11.5. The van der Waals surface area contributed by atoms with Gasteiger partial charge in [0.15, 0.2) is 0 Å². The number of benzene rings is 2. The van der Waals surface area contributed by atoms with Crippen molar-refractivity contribution in [2.45, 2.75) is 19.4 Å². The molecule has 0 bridgehead atoms. The van der Waals surface area contributed by atoms with Crippen molar-refractivity contribution in [3.8, 4) is 0 Å². The third kappa shape index (κ3) is 3.05. The minimum absolute atomic E-state index is 0.502. The zero-order valence-electron chi connectivity index (χ0n) is 10.0. The lowest BCUT2D eigenvalue weighted by atomic mass is 10.00. The molecular formula is C15H14Cl2O. The van der Waals surface area contributed by atoms with Gasteiger partial charge < -0.3 is 5.11 Å². The van der Waals surface area contributed by atoms with Crippen LogP contribution in [0.5, 0.6) is 0 Å². The van der Waals surface area contributed by atoms with E-state index in [1.54, 1.807) is 18.2 Å². The lowest BCUT2D eigenvalue weighted by Gasteiger charge is -2.14. The van der Waals surface area contributed by atoms with Gasteiger partial charge in [-0.2, -0.15) is 0 Å². The maximum absolute atomic E-state index is 10.3. The first-order chi connectivity index (χ1) is 8.58. The Morgan fingerprint density at radius 3 is 2.28 bits per heavy atom. The number of halogens is 2. The average molecular weight is 281 g/mol. The summed E-state index contributed by atoms with van der Waals surface area (Å²) in [5.41, 5.74) is 2.84. The van der Waals surface area contributed by atoms with Crippen LogP contribution in [0.3, 0.4) is 0 Å². The Labute approximate surface area is 117 Å². The van der Waals surface area contributed by atoms with E-state index in [-0.39, 0.29) is 0 Å². The summed E-state index contributed by atoms with van der Waals surface area (Å²) in [5.74, 6) is 0. The van der Waals surface area contributed by atoms with Gasteiger partial charge >= 0.3 is 0 Å². The van der Waals surface area contributed by atoms with Crippen LogP contribution in [-0.4, -0.2) is 5.11 Å². The summed E-state index contributed by atoms with van der Waals surface area (Å²) >= 11 is 12.2. The molecular weight excluding hydrogens is 267 g/mol. The highest BCUT2D eigenvalue weighted by Crippen LogP contribution is 2.32. The van der Waals surface area contributed by atoms with Gasteiger partial charge in [-0.3, -0.25) is 0 Å². The molecule has 1 nitrogen and oxygen atoms in total. The summed E-state index contributed by atoms with van der Waals surface area (Å²) < 4.78 is 0. The van der Waals surface area contributed by atoms with Crippen LogP contribution >= 0.6 is 23.2 Å². The Kier molecular flexibility index (Phi) is 4.28. The maximum atomic E-state index is 10.3. The van der Waals surface area contributed by atoms with Gasteiger partial charge in [-0.1, -0.05) is 59.1 Å². The van der Waals surface area contributed by atoms with Crippen LogP contribution in [-0.2, 0) is 6.42 Å². The molecule has 1 N–H and O–H groups in total. The molecule has 0 radical (unpaired) electrons. The smallest absolute Gasteiger partial charge is 0.0859 e. The monoisotopic (exact) mass is 280 g/mol. The number of aliphatic hydroxyl groups excluding tert-OH is 1. The second kappa shape index (κ2) is 5.75. The Balaban J connectivity index is 2.25. The topological polar surface area (TPSA) is 20.2 Å². The molecule has 1 unspecified atom stereocenters. The third-order valence-corrected chi connectivity index (χ3v) is 3.50. The van der Waals surface area contributed by atoms with Gasteiger partial charge in [-0.25, -0.2) is 0 Å². The molecule has 0 amide bonds. The van der Waals surface area contributed by atoms with Crippen molar-refractivity contribution in [1.82, 2.24) is 0 Å². The van der Waals surface area contributed by atoms with E-state index in [0.717, 1.165) is 5.56 Å². The SMILES string of the molecule is Cc1cccc(CC(O)c2c(Cl)cccc2Cl)c1. The molecule has 0 fully saturated rings. The van der Waals surface area contributed by atoms with Gasteiger partial charge in [0.1, 0.15) is 0 Å². The molecule has 2 aromatic carbocycles. The third-order valence-electron chi connectivity index (χ3n) is 2.84. The van der Waals surface area contributed by atoms with Gasteiger partial charge in [0.25, 0.3) is 0 Å². The summed E-state index contributed by atoms with van der Waals surface area (Å²) in [4.78, 5) is 0. The summed E-state index contributed by atoms with van der Waals surface area (Å²) in [6.07, 6.45) is -0.182. The van der Waals surface area contributed by atoms with E-state index in [2.05, 4.69) is 0 Å². The zero-order chi connectivity index (χ0) is 13.1. The van der Waals surface area contributed by atoms with Crippen molar-refractivity contribution >= 4 is 23.2 Å². The second-order valence-electron chi connectivity index (χ2n) is 4.34. The Morgan fingerprint density at radius 1 is 1.06 bits per heavy atom. The molecule has 0 aliphatic rings. The summed E-state index contributed by atoms with van der Waals surface area (Å²) in [6.45, 7) is 2.03. The molecule has 0 aliphatic carbocycles. The number of hydrogen-bond donors (Lipinski definition) is 1. The lowest BCUT2D eigenvalue weighted by Crippen LogP contribution is -2.03. The van der Waals surface area contributed by atoms with Gasteiger partial charge in [0, 0.05) is 22.0 Å².